The minimum absolute atomic E-state index is 0.00587. The third kappa shape index (κ3) is 9.44. The molecule has 9 heteroatoms. The second kappa shape index (κ2) is 15.1. The molecule has 0 radical (unpaired) electrons. The number of aliphatic hydroxyl groups is 2. The van der Waals surface area contributed by atoms with Gasteiger partial charge in [-0.05, 0) is 30.2 Å². The molecule has 1 heterocycles. The van der Waals surface area contributed by atoms with E-state index in [-0.39, 0.29) is 30.6 Å². The van der Waals surface area contributed by atoms with Crippen molar-refractivity contribution in [2.75, 3.05) is 7.05 Å². The van der Waals surface area contributed by atoms with E-state index in [1.807, 2.05) is 44.2 Å². The van der Waals surface area contributed by atoms with Gasteiger partial charge in [0, 0.05) is 31.8 Å². The van der Waals surface area contributed by atoms with Crippen molar-refractivity contribution in [3.8, 4) is 0 Å². The van der Waals surface area contributed by atoms with Gasteiger partial charge >= 0.3 is 0 Å². The van der Waals surface area contributed by atoms with Crippen LogP contribution in [0, 0.1) is 11.8 Å². The lowest BCUT2D eigenvalue weighted by molar-refractivity contribution is -0.140. The van der Waals surface area contributed by atoms with Gasteiger partial charge in [-0.25, -0.2) is 4.98 Å². The van der Waals surface area contributed by atoms with Gasteiger partial charge in [0.25, 0.3) is 0 Å². The number of nitrogens with one attached hydrogen (secondary N) is 2. The van der Waals surface area contributed by atoms with Crippen LogP contribution in [0.1, 0.15) is 70.1 Å². The number of hydrogen-bond acceptors (Lipinski definition) is 6. The first-order valence-corrected chi connectivity index (χ1v) is 14.4. The molecule has 0 saturated heterocycles. The largest absolute Gasteiger partial charge is 0.393 e. The minimum atomic E-state index is -0.901. The number of nitrogens with two attached hydrogens (primary N) is 1. The monoisotopic (exact) mass is 541 g/mol. The summed E-state index contributed by atoms with van der Waals surface area (Å²) in [5.74, 6) is -0.294. The molecule has 0 spiro atoms. The van der Waals surface area contributed by atoms with Crippen LogP contribution in [0.5, 0.6) is 0 Å². The first-order chi connectivity index (χ1) is 18.7. The predicted molar refractivity (Wildman–Crippen MR) is 152 cm³/mol. The van der Waals surface area contributed by atoms with Crippen LogP contribution in [0.15, 0.2) is 42.9 Å². The molecule has 1 aliphatic rings. The summed E-state index contributed by atoms with van der Waals surface area (Å²) in [7, 11) is 1.60. The van der Waals surface area contributed by atoms with Crippen molar-refractivity contribution in [3.63, 3.8) is 0 Å². The molecule has 39 heavy (non-hydrogen) atoms. The smallest absolute Gasteiger partial charge is 0.243 e. The van der Waals surface area contributed by atoms with Crippen LogP contribution in [0.3, 0.4) is 0 Å². The number of hydrogen-bond donors (Lipinski definition) is 5. The molecule has 2 unspecified atom stereocenters. The summed E-state index contributed by atoms with van der Waals surface area (Å²) < 4.78 is 0. The van der Waals surface area contributed by atoms with Crippen LogP contribution in [0.4, 0.5) is 0 Å². The third-order valence-electron chi connectivity index (χ3n) is 8.06. The molecule has 1 aromatic heterocycles. The first-order valence-electron chi connectivity index (χ1n) is 14.4. The number of H-pyrrole nitrogens is 1. The fraction of sp³-hybridized carbons (Fsp3) is 0.633. The third-order valence-corrected chi connectivity index (χ3v) is 8.06. The summed E-state index contributed by atoms with van der Waals surface area (Å²) >= 11 is 0. The molecule has 1 aliphatic carbocycles. The average Bonchev–Trinajstić information content (AvgIpc) is 3.45. The lowest BCUT2D eigenvalue weighted by Crippen LogP contribution is -2.57. The number of aromatic nitrogens is 2. The van der Waals surface area contributed by atoms with Crippen LogP contribution < -0.4 is 11.1 Å². The molecule has 216 valence electrons. The van der Waals surface area contributed by atoms with Crippen LogP contribution in [0.25, 0.3) is 0 Å². The highest BCUT2D eigenvalue weighted by molar-refractivity contribution is 5.90. The Hall–Kier alpha value is -2.75. The molecular weight excluding hydrogens is 494 g/mol. The molecule has 9 nitrogen and oxygen atoms in total. The standard InChI is InChI=1S/C30H47N5O4/c1-20(2)27(36)17-28(37)25(15-22-12-8-5-9-13-22)34-29(38)26(16-23-18-32-19-33-23)35(3)30(39)24(31)14-21-10-6-4-7-11-21/h4,6-7,10-11,18-20,22,24-28,36-37H,5,8-9,12-17,31H2,1-3H3,(H,32,33)(H,34,38)/t24-,25-,26-,27?,28?/m0/s1. The number of aliphatic hydroxyl groups excluding tert-OH is 2. The van der Waals surface area contributed by atoms with Gasteiger partial charge in [0.05, 0.1) is 30.6 Å². The molecule has 5 atom stereocenters. The zero-order valence-electron chi connectivity index (χ0n) is 23.6. The van der Waals surface area contributed by atoms with E-state index in [0.29, 0.717) is 24.5 Å². The Labute approximate surface area is 232 Å². The topological polar surface area (TPSA) is 145 Å². The summed E-state index contributed by atoms with van der Waals surface area (Å²) in [6.45, 7) is 3.82. The van der Waals surface area contributed by atoms with Crippen molar-refractivity contribution in [3.05, 3.63) is 54.1 Å². The quantitative estimate of drug-likeness (QED) is 0.249. The van der Waals surface area contributed by atoms with Gasteiger partial charge in [0.15, 0.2) is 0 Å². The van der Waals surface area contributed by atoms with Crippen molar-refractivity contribution < 1.29 is 19.8 Å². The summed E-state index contributed by atoms with van der Waals surface area (Å²) in [6, 6.07) is 7.37. The Morgan fingerprint density at radius 2 is 1.79 bits per heavy atom. The van der Waals surface area contributed by atoms with Crippen molar-refractivity contribution in [1.29, 1.82) is 0 Å². The average molecular weight is 542 g/mol. The molecule has 6 N–H and O–H groups in total. The van der Waals surface area contributed by atoms with Gasteiger partial charge in [0.1, 0.15) is 6.04 Å². The van der Waals surface area contributed by atoms with E-state index in [2.05, 4.69) is 15.3 Å². The van der Waals surface area contributed by atoms with Gasteiger partial charge in [-0.1, -0.05) is 76.3 Å². The molecule has 1 aromatic carbocycles. The van der Waals surface area contributed by atoms with Crippen LogP contribution in [-0.2, 0) is 22.4 Å². The number of carbonyl (C=O) groups is 2. The highest BCUT2D eigenvalue weighted by Gasteiger charge is 2.34. The van der Waals surface area contributed by atoms with E-state index < -0.39 is 30.3 Å². The molecule has 1 fully saturated rings. The normalized spacial score (nSPS) is 18.2. The maximum Gasteiger partial charge on any atom is 0.243 e. The Morgan fingerprint density at radius 3 is 2.41 bits per heavy atom. The highest BCUT2D eigenvalue weighted by Crippen LogP contribution is 2.29. The lowest BCUT2D eigenvalue weighted by Gasteiger charge is -2.34. The Kier molecular flexibility index (Phi) is 12.0. The van der Waals surface area contributed by atoms with Gasteiger partial charge < -0.3 is 31.1 Å². The van der Waals surface area contributed by atoms with Gasteiger partial charge in [-0.3, -0.25) is 9.59 Å². The maximum absolute atomic E-state index is 13.8. The first kappa shape index (κ1) is 30.8. The number of nitrogens with zero attached hydrogens (tertiary/aromatic N) is 2. The number of likely N-dealkylation sites (N-methyl/N-ethyl adjacent to an activating group) is 1. The SMILES string of the molecule is CC(C)C(O)CC(O)[C@H](CC1CCCCC1)NC(=O)[C@H](Cc1cnc[nH]1)N(C)C(=O)[C@@H](N)Cc1ccccc1. The van der Waals surface area contributed by atoms with Gasteiger partial charge in [-0.2, -0.15) is 0 Å². The number of amides is 2. The van der Waals surface area contributed by atoms with Crippen LogP contribution in [-0.4, -0.2) is 74.3 Å². The summed E-state index contributed by atoms with van der Waals surface area (Å²) in [6.07, 6.45) is 8.64. The molecule has 0 aliphatic heterocycles. The van der Waals surface area contributed by atoms with E-state index in [0.717, 1.165) is 31.2 Å². The Morgan fingerprint density at radius 1 is 1.10 bits per heavy atom. The highest BCUT2D eigenvalue weighted by atomic mass is 16.3. The van der Waals surface area contributed by atoms with E-state index >= 15 is 0 Å². The van der Waals surface area contributed by atoms with Crippen LogP contribution >= 0.6 is 0 Å². The zero-order chi connectivity index (χ0) is 28.4. The fourth-order valence-corrected chi connectivity index (χ4v) is 5.44. The Balaban J connectivity index is 1.77. The lowest BCUT2D eigenvalue weighted by atomic mass is 9.82. The number of benzene rings is 1. The summed E-state index contributed by atoms with van der Waals surface area (Å²) in [5.41, 5.74) is 7.97. The van der Waals surface area contributed by atoms with Crippen LogP contribution in [0.2, 0.25) is 0 Å². The molecule has 2 aromatic rings. The van der Waals surface area contributed by atoms with E-state index in [1.54, 1.807) is 13.2 Å². The number of carbonyl (C=O) groups excluding carboxylic acids is 2. The predicted octanol–water partition coefficient (Wildman–Crippen LogP) is 2.57. The second-order valence-electron chi connectivity index (χ2n) is 11.5. The Bertz CT molecular complexity index is 994. The molecule has 2 amide bonds. The summed E-state index contributed by atoms with van der Waals surface area (Å²) in [4.78, 5) is 35.7. The van der Waals surface area contributed by atoms with Crippen molar-refractivity contribution in [2.24, 2.45) is 17.6 Å². The van der Waals surface area contributed by atoms with Gasteiger partial charge in [-0.15, -0.1) is 0 Å². The van der Waals surface area contributed by atoms with E-state index in [9.17, 15) is 19.8 Å². The van der Waals surface area contributed by atoms with Gasteiger partial charge in [0.2, 0.25) is 11.8 Å². The number of aromatic amines is 1. The minimum Gasteiger partial charge on any atom is -0.393 e. The molecule has 0 bridgehead atoms. The zero-order valence-corrected chi connectivity index (χ0v) is 23.6. The fourth-order valence-electron chi connectivity index (χ4n) is 5.44. The summed E-state index contributed by atoms with van der Waals surface area (Å²) in [5, 5.41) is 24.7. The number of rotatable bonds is 14. The molecule has 3 rings (SSSR count). The van der Waals surface area contributed by atoms with E-state index in [4.69, 9.17) is 5.73 Å². The number of imidazole rings is 1. The molecular formula is C30H47N5O4. The van der Waals surface area contributed by atoms with E-state index in [1.165, 1.54) is 17.6 Å². The maximum atomic E-state index is 13.8. The van der Waals surface area contributed by atoms with Crippen molar-refractivity contribution >= 4 is 11.8 Å². The van der Waals surface area contributed by atoms with Crippen molar-refractivity contribution in [2.45, 2.75) is 102 Å². The molecule has 1 saturated carbocycles. The second-order valence-corrected chi connectivity index (χ2v) is 11.5. The van der Waals surface area contributed by atoms with Crippen molar-refractivity contribution in [1.82, 2.24) is 20.2 Å².